The Morgan fingerprint density at radius 3 is 2.70 bits per heavy atom. The van der Waals surface area contributed by atoms with Gasteiger partial charge in [-0.05, 0) is 74.9 Å². The molecule has 1 heterocycles. The smallest absolute Gasteiger partial charge is 0.338 e. The second-order valence-corrected chi connectivity index (χ2v) is 8.73. The maximum atomic E-state index is 12.2. The lowest BCUT2D eigenvalue weighted by Gasteiger charge is -2.11. The third kappa shape index (κ3) is 5.52. The van der Waals surface area contributed by atoms with Crippen LogP contribution in [0.5, 0.6) is 5.75 Å². The Morgan fingerprint density at radius 1 is 1.12 bits per heavy atom. The number of allylic oxidation sites excluding steroid dienone is 5. The van der Waals surface area contributed by atoms with Gasteiger partial charge in [-0.15, -0.1) is 0 Å². The molecule has 33 heavy (non-hydrogen) atoms. The normalized spacial score (nSPS) is 13.4. The van der Waals surface area contributed by atoms with Gasteiger partial charge in [0.05, 0.1) is 29.8 Å². The number of halogens is 1. The van der Waals surface area contributed by atoms with E-state index in [9.17, 15) is 4.79 Å². The van der Waals surface area contributed by atoms with Crippen LogP contribution in [0.4, 0.5) is 0 Å². The van der Waals surface area contributed by atoms with Crippen LogP contribution in [-0.2, 0) is 4.74 Å². The quantitative estimate of drug-likeness (QED) is 0.265. The van der Waals surface area contributed by atoms with Crippen molar-refractivity contribution in [3.05, 3.63) is 82.9 Å². The highest BCUT2D eigenvalue weighted by Gasteiger charge is 2.16. The lowest BCUT2D eigenvalue weighted by Crippen LogP contribution is -2.04. The van der Waals surface area contributed by atoms with Gasteiger partial charge in [-0.25, -0.2) is 9.78 Å². The molecule has 1 aliphatic carbocycles. The van der Waals surface area contributed by atoms with Crippen molar-refractivity contribution >= 4 is 40.4 Å². The van der Waals surface area contributed by atoms with Gasteiger partial charge in [-0.2, -0.15) is 0 Å². The highest BCUT2D eigenvalue weighted by Crippen LogP contribution is 2.31. The average molecular weight is 481 g/mol. The first kappa shape index (κ1) is 23.2. The first-order valence-corrected chi connectivity index (χ1v) is 12.2. The summed E-state index contributed by atoms with van der Waals surface area (Å²) in [6.45, 7) is 4.71. The van der Waals surface area contributed by atoms with Crippen LogP contribution < -0.4 is 4.74 Å². The van der Waals surface area contributed by atoms with E-state index < -0.39 is 0 Å². The largest absolute Gasteiger partial charge is 0.494 e. The second-order valence-electron chi connectivity index (χ2n) is 7.35. The molecule has 0 spiro atoms. The van der Waals surface area contributed by atoms with Crippen LogP contribution in [0.15, 0.2) is 82.5 Å². The summed E-state index contributed by atoms with van der Waals surface area (Å²) in [7, 11) is 0. The molecule has 3 aromatic rings. The van der Waals surface area contributed by atoms with Crippen LogP contribution >= 0.6 is 23.4 Å². The molecule has 1 aromatic heterocycles. The number of benzene rings is 2. The SMILES string of the molecule is CCOC(=O)c1ccc2c(c1)nc(SCC1=CC=C(Cl)C=CC1)n2-c1ccc(OCC)cc1. The van der Waals surface area contributed by atoms with Crippen molar-refractivity contribution in [2.45, 2.75) is 25.4 Å². The molecule has 5 nitrogen and oxygen atoms in total. The number of rotatable bonds is 8. The number of ether oxygens (including phenoxy) is 2. The lowest BCUT2D eigenvalue weighted by molar-refractivity contribution is 0.0526. The molecule has 0 radical (unpaired) electrons. The summed E-state index contributed by atoms with van der Waals surface area (Å²) in [6, 6.07) is 13.4. The molecule has 0 N–H and O–H groups in total. The first-order valence-electron chi connectivity index (χ1n) is 10.9. The van der Waals surface area contributed by atoms with Crippen molar-refractivity contribution in [1.29, 1.82) is 0 Å². The number of fused-ring (bicyclic) bond motifs is 1. The van der Waals surface area contributed by atoms with Gasteiger partial charge >= 0.3 is 5.97 Å². The summed E-state index contributed by atoms with van der Waals surface area (Å²) >= 11 is 7.77. The number of carbonyl (C=O) groups excluding carboxylic acids is 1. The van der Waals surface area contributed by atoms with E-state index in [2.05, 4.69) is 16.7 Å². The van der Waals surface area contributed by atoms with E-state index in [-0.39, 0.29) is 5.97 Å². The number of aromatic nitrogens is 2. The predicted octanol–water partition coefficient (Wildman–Crippen LogP) is 6.70. The average Bonchev–Trinajstić information content (AvgIpc) is 3.05. The van der Waals surface area contributed by atoms with Crippen LogP contribution in [0, 0.1) is 0 Å². The molecule has 0 atom stereocenters. The Morgan fingerprint density at radius 2 is 1.94 bits per heavy atom. The monoisotopic (exact) mass is 480 g/mol. The minimum atomic E-state index is -0.344. The van der Waals surface area contributed by atoms with E-state index >= 15 is 0 Å². The van der Waals surface area contributed by atoms with Crippen LogP contribution in [0.1, 0.15) is 30.6 Å². The third-order valence-corrected chi connectivity index (χ3v) is 6.36. The standard InChI is InChI=1S/C26H25ClN2O3S/c1-3-31-22-13-11-21(12-14-22)29-24-15-9-19(25(30)32-4-2)16-23(24)28-26(29)33-17-18-6-5-7-20(27)10-8-18/h5,7-16H,3-4,6,17H2,1-2H3. The van der Waals surface area contributed by atoms with E-state index in [0.717, 1.165) is 44.8 Å². The van der Waals surface area contributed by atoms with Gasteiger partial charge in [0.25, 0.3) is 0 Å². The molecule has 0 aliphatic heterocycles. The van der Waals surface area contributed by atoms with Crippen molar-refractivity contribution in [1.82, 2.24) is 9.55 Å². The fraction of sp³-hybridized carbons (Fsp3) is 0.231. The first-order chi connectivity index (χ1) is 16.1. The maximum Gasteiger partial charge on any atom is 0.338 e. The highest BCUT2D eigenvalue weighted by atomic mass is 35.5. The topological polar surface area (TPSA) is 53.3 Å². The van der Waals surface area contributed by atoms with E-state index in [1.165, 1.54) is 5.57 Å². The molecular formula is C26H25ClN2O3S. The highest BCUT2D eigenvalue weighted by molar-refractivity contribution is 7.99. The number of hydrogen-bond acceptors (Lipinski definition) is 5. The number of nitrogens with zero attached hydrogens (tertiary/aromatic N) is 2. The summed E-state index contributed by atoms with van der Waals surface area (Å²) < 4.78 is 12.9. The Kier molecular flexibility index (Phi) is 7.57. The molecule has 0 amide bonds. The van der Waals surface area contributed by atoms with Crippen LogP contribution in [0.25, 0.3) is 16.7 Å². The van der Waals surface area contributed by atoms with Crippen molar-refractivity contribution in [3.63, 3.8) is 0 Å². The number of hydrogen-bond donors (Lipinski definition) is 0. The Bertz CT molecular complexity index is 1240. The summed E-state index contributed by atoms with van der Waals surface area (Å²) in [6.07, 6.45) is 8.82. The van der Waals surface area contributed by atoms with E-state index in [1.54, 1.807) is 30.8 Å². The lowest BCUT2D eigenvalue weighted by atomic mass is 10.2. The van der Waals surface area contributed by atoms with Crippen molar-refractivity contribution in [2.24, 2.45) is 0 Å². The molecule has 0 saturated heterocycles. The van der Waals surface area contributed by atoms with Gasteiger partial charge in [-0.1, -0.05) is 41.1 Å². The molecule has 0 unspecified atom stereocenters. The Balaban J connectivity index is 1.72. The predicted molar refractivity (Wildman–Crippen MR) is 135 cm³/mol. The van der Waals surface area contributed by atoms with Crippen molar-refractivity contribution < 1.29 is 14.3 Å². The zero-order valence-corrected chi connectivity index (χ0v) is 20.2. The van der Waals surface area contributed by atoms with Gasteiger partial charge in [0.15, 0.2) is 5.16 Å². The van der Waals surface area contributed by atoms with Gasteiger partial charge in [-0.3, -0.25) is 4.57 Å². The summed E-state index contributed by atoms with van der Waals surface area (Å²) in [5.41, 5.74) is 4.39. The van der Waals surface area contributed by atoms with Gasteiger partial charge in [0.2, 0.25) is 0 Å². The molecule has 7 heteroatoms. The summed E-state index contributed by atoms with van der Waals surface area (Å²) in [4.78, 5) is 17.1. The maximum absolute atomic E-state index is 12.2. The number of carbonyl (C=O) groups is 1. The molecular weight excluding hydrogens is 456 g/mol. The molecule has 0 fully saturated rings. The summed E-state index contributed by atoms with van der Waals surface area (Å²) in [5, 5.41) is 1.57. The minimum Gasteiger partial charge on any atom is -0.494 e. The van der Waals surface area contributed by atoms with Gasteiger partial charge < -0.3 is 9.47 Å². The van der Waals surface area contributed by atoms with Crippen molar-refractivity contribution in [3.8, 4) is 11.4 Å². The van der Waals surface area contributed by atoms with Crippen LogP contribution in [-0.4, -0.2) is 34.5 Å². The summed E-state index contributed by atoms with van der Waals surface area (Å²) in [5.74, 6) is 1.25. The molecule has 0 bridgehead atoms. The van der Waals surface area contributed by atoms with E-state index in [1.807, 2.05) is 49.4 Å². The van der Waals surface area contributed by atoms with Gasteiger partial charge in [0, 0.05) is 16.5 Å². The van der Waals surface area contributed by atoms with E-state index in [4.69, 9.17) is 26.1 Å². The Hall–Kier alpha value is -2.96. The number of esters is 1. The molecule has 0 saturated carbocycles. The van der Waals surface area contributed by atoms with Crippen molar-refractivity contribution in [2.75, 3.05) is 19.0 Å². The van der Waals surface area contributed by atoms with E-state index in [0.29, 0.717) is 18.8 Å². The van der Waals surface area contributed by atoms with Crippen LogP contribution in [0.3, 0.4) is 0 Å². The fourth-order valence-electron chi connectivity index (χ4n) is 3.51. The Labute approximate surface area is 202 Å². The molecule has 170 valence electrons. The molecule has 2 aromatic carbocycles. The molecule has 4 rings (SSSR count). The minimum absolute atomic E-state index is 0.334. The zero-order valence-electron chi connectivity index (χ0n) is 18.6. The zero-order chi connectivity index (χ0) is 23.2. The number of imidazole rings is 1. The van der Waals surface area contributed by atoms with Gasteiger partial charge in [0.1, 0.15) is 5.75 Å². The fourth-order valence-corrected chi connectivity index (χ4v) is 4.69. The third-order valence-electron chi connectivity index (χ3n) is 5.06. The second kappa shape index (κ2) is 10.8. The number of thioether (sulfide) groups is 1. The van der Waals surface area contributed by atoms with Crippen LogP contribution in [0.2, 0.25) is 0 Å². The molecule has 1 aliphatic rings.